The van der Waals surface area contributed by atoms with Crippen LogP contribution in [-0.2, 0) is 7.05 Å². The van der Waals surface area contributed by atoms with E-state index in [0.717, 1.165) is 11.3 Å². The van der Waals surface area contributed by atoms with E-state index in [0.29, 0.717) is 16.9 Å². The molecule has 0 aliphatic heterocycles. The fraction of sp³-hybridized carbons (Fsp3) is 0.286. The summed E-state index contributed by atoms with van der Waals surface area (Å²) in [7, 11) is 1.79. The summed E-state index contributed by atoms with van der Waals surface area (Å²) >= 11 is 0. The molecule has 0 bridgehead atoms. The Morgan fingerprint density at radius 3 is 2.53 bits per heavy atom. The molecule has 0 saturated carbocycles. The lowest BCUT2D eigenvalue weighted by Crippen LogP contribution is -2.14. The van der Waals surface area contributed by atoms with E-state index in [4.69, 9.17) is 0 Å². The number of amides is 1. The molecule has 1 amide bonds. The molecule has 0 fully saturated rings. The van der Waals surface area contributed by atoms with Crippen LogP contribution < -0.4 is 5.32 Å². The molecule has 5 heteroatoms. The third kappa shape index (κ3) is 2.45. The summed E-state index contributed by atoms with van der Waals surface area (Å²) < 4.78 is 1.67. The third-order valence-electron chi connectivity index (χ3n) is 3.14. The molecule has 2 aromatic rings. The van der Waals surface area contributed by atoms with Crippen molar-refractivity contribution < 1.29 is 9.90 Å². The van der Waals surface area contributed by atoms with Crippen molar-refractivity contribution in [3.63, 3.8) is 0 Å². The summed E-state index contributed by atoms with van der Waals surface area (Å²) in [5.74, 6) is -0.199. The van der Waals surface area contributed by atoms with Crippen LogP contribution in [0.15, 0.2) is 18.2 Å². The Labute approximate surface area is 111 Å². The molecule has 0 unspecified atom stereocenters. The molecule has 1 aromatic heterocycles. The quantitative estimate of drug-likeness (QED) is 0.813. The van der Waals surface area contributed by atoms with Gasteiger partial charge in [-0.25, -0.2) is 0 Å². The number of aromatic nitrogens is 2. The van der Waals surface area contributed by atoms with Crippen molar-refractivity contribution in [3.8, 4) is 5.75 Å². The number of aryl methyl sites for hydroxylation is 3. The van der Waals surface area contributed by atoms with Crippen LogP contribution in [0.25, 0.3) is 0 Å². The second-order valence-corrected chi connectivity index (χ2v) is 4.64. The number of carbonyl (C=O) groups excluding carboxylic acids is 1. The number of anilines is 1. The maximum absolute atomic E-state index is 12.2. The highest BCUT2D eigenvalue weighted by Gasteiger charge is 2.18. The minimum Gasteiger partial charge on any atom is -0.506 e. The normalized spacial score (nSPS) is 10.5. The first-order valence-corrected chi connectivity index (χ1v) is 6.01. The summed E-state index contributed by atoms with van der Waals surface area (Å²) in [6.07, 6.45) is 0. The first kappa shape index (κ1) is 13.1. The number of nitrogens with zero attached hydrogens (tertiary/aromatic N) is 2. The second kappa shape index (κ2) is 4.76. The smallest absolute Gasteiger partial charge is 0.259 e. The summed E-state index contributed by atoms with van der Waals surface area (Å²) in [6, 6.07) is 5.13. The van der Waals surface area contributed by atoms with Crippen molar-refractivity contribution in [2.24, 2.45) is 7.05 Å². The fourth-order valence-electron chi connectivity index (χ4n) is 2.03. The molecule has 1 aromatic carbocycles. The van der Waals surface area contributed by atoms with Crippen molar-refractivity contribution in [3.05, 3.63) is 40.7 Å². The highest BCUT2D eigenvalue weighted by molar-refractivity contribution is 6.06. The molecule has 0 spiro atoms. The van der Waals surface area contributed by atoms with Crippen molar-refractivity contribution in [2.75, 3.05) is 5.32 Å². The van der Waals surface area contributed by atoms with Gasteiger partial charge in [0.15, 0.2) is 0 Å². The third-order valence-corrected chi connectivity index (χ3v) is 3.14. The van der Waals surface area contributed by atoms with Crippen molar-refractivity contribution in [1.82, 2.24) is 9.78 Å². The van der Waals surface area contributed by atoms with Gasteiger partial charge in [-0.05, 0) is 38.5 Å². The van der Waals surface area contributed by atoms with E-state index < -0.39 is 0 Å². The lowest BCUT2D eigenvalue weighted by atomic mass is 10.1. The zero-order chi connectivity index (χ0) is 14.2. The Morgan fingerprint density at radius 2 is 2.00 bits per heavy atom. The molecule has 0 saturated heterocycles. The van der Waals surface area contributed by atoms with Crippen LogP contribution in [-0.4, -0.2) is 20.8 Å². The fourth-order valence-corrected chi connectivity index (χ4v) is 2.03. The molecule has 100 valence electrons. The predicted octanol–water partition coefficient (Wildman–Crippen LogP) is 2.30. The van der Waals surface area contributed by atoms with Gasteiger partial charge in [0.1, 0.15) is 5.75 Å². The minimum atomic E-state index is -0.262. The average Bonchev–Trinajstić information content (AvgIpc) is 2.57. The lowest BCUT2D eigenvalue weighted by molar-refractivity contribution is 0.102. The summed E-state index contributed by atoms with van der Waals surface area (Å²) in [6.45, 7) is 5.50. The minimum absolute atomic E-state index is 0.0625. The molecule has 0 radical (unpaired) electrons. The number of phenolic OH excluding ortho intramolecular Hbond substituents is 1. The Kier molecular flexibility index (Phi) is 3.29. The molecule has 0 atom stereocenters. The molecule has 2 N–H and O–H groups in total. The second-order valence-electron chi connectivity index (χ2n) is 4.64. The van der Waals surface area contributed by atoms with E-state index in [2.05, 4.69) is 10.4 Å². The van der Waals surface area contributed by atoms with Crippen LogP contribution in [0.5, 0.6) is 5.75 Å². The van der Waals surface area contributed by atoms with Gasteiger partial charge in [-0.1, -0.05) is 6.07 Å². The van der Waals surface area contributed by atoms with Gasteiger partial charge in [-0.3, -0.25) is 9.48 Å². The van der Waals surface area contributed by atoms with Gasteiger partial charge in [0.2, 0.25) is 0 Å². The van der Waals surface area contributed by atoms with Gasteiger partial charge in [-0.2, -0.15) is 5.10 Å². The first-order valence-electron chi connectivity index (χ1n) is 6.01. The number of hydrogen-bond donors (Lipinski definition) is 2. The Morgan fingerprint density at radius 1 is 1.32 bits per heavy atom. The standard InChI is InChI=1S/C14H17N3O2/c1-8-5-6-11(12(18)7-8)15-14(19)13-9(2)16-17(4)10(13)3/h5-7,18H,1-4H3,(H,15,19). The number of phenols is 1. The van der Waals surface area contributed by atoms with Crippen LogP contribution in [0.2, 0.25) is 0 Å². The molecule has 5 nitrogen and oxygen atoms in total. The topological polar surface area (TPSA) is 67.2 Å². The monoisotopic (exact) mass is 259 g/mol. The van der Waals surface area contributed by atoms with Crippen LogP contribution in [0.3, 0.4) is 0 Å². The van der Waals surface area contributed by atoms with E-state index in [-0.39, 0.29) is 11.7 Å². The van der Waals surface area contributed by atoms with E-state index in [1.165, 1.54) is 0 Å². The summed E-state index contributed by atoms with van der Waals surface area (Å²) in [4.78, 5) is 12.2. The lowest BCUT2D eigenvalue weighted by Gasteiger charge is -2.08. The highest BCUT2D eigenvalue weighted by atomic mass is 16.3. The van der Waals surface area contributed by atoms with Crippen molar-refractivity contribution >= 4 is 11.6 Å². The van der Waals surface area contributed by atoms with Crippen molar-refractivity contribution in [1.29, 1.82) is 0 Å². The van der Waals surface area contributed by atoms with Gasteiger partial charge in [-0.15, -0.1) is 0 Å². The number of carbonyl (C=O) groups is 1. The number of benzene rings is 1. The van der Waals surface area contributed by atoms with Crippen LogP contribution >= 0.6 is 0 Å². The van der Waals surface area contributed by atoms with Gasteiger partial charge in [0, 0.05) is 12.7 Å². The molecular weight excluding hydrogens is 242 g/mol. The van der Waals surface area contributed by atoms with E-state index in [1.807, 2.05) is 19.9 Å². The average molecular weight is 259 g/mol. The number of hydrogen-bond acceptors (Lipinski definition) is 3. The molecule has 2 rings (SSSR count). The maximum Gasteiger partial charge on any atom is 0.259 e. The SMILES string of the molecule is Cc1ccc(NC(=O)c2c(C)nn(C)c2C)c(O)c1. The van der Waals surface area contributed by atoms with E-state index in [9.17, 15) is 9.90 Å². The van der Waals surface area contributed by atoms with Gasteiger partial charge >= 0.3 is 0 Å². The predicted molar refractivity (Wildman–Crippen MR) is 73.5 cm³/mol. The Bertz CT molecular complexity index is 644. The van der Waals surface area contributed by atoms with Gasteiger partial charge in [0.25, 0.3) is 5.91 Å². The molecular formula is C14H17N3O2. The van der Waals surface area contributed by atoms with Gasteiger partial charge in [0.05, 0.1) is 16.9 Å². The van der Waals surface area contributed by atoms with E-state index >= 15 is 0 Å². The number of aromatic hydroxyl groups is 1. The molecule has 1 heterocycles. The molecule has 0 aliphatic rings. The molecule has 0 aliphatic carbocycles. The number of nitrogens with one attached hydrogen (secondary N) is 1. The van der Waals surface area contributed by atoms with Crippen LogP contribution in [0.1, 0.15) is 27.3 Å². The van der Waals surface area contributed by atoms with Crippen molar-refractivity contribution in [2.45, 2.75) is 20.8 Å². The maximum atomic E-state index is 12.2. The Hall–Kier alpha value is -2.30. The summed E-state index contributed by atoms with van der Waals surface area (Å²) in [5, 5.41) is 16.7. The van der Waals surface area contributed by atoms with Crippen LogP contribution in [0, 0.1) is 20.8 Å². The largest absolute Gasteiger partial charge is 0.506 e. The first-order chi connectivity index (χ1) is 8.90. The van der Waals surface area contributed by atoms with Crippen LogP contribution in [0.4, 0.5) is 5.69 Å². The zero-order valence-corrected chi connectivity index (χ0v) is 11.5. The summed E-state index contributed by atoms with van der Waals surface area (Å²) in [5.41, 5.74) is 3.34. The highest BCUT2D eigenvalue weighted by Crippen LogP contribution is 2.25. The molecule has 19 heavy (non-hydrogen) atoms. The zero-order valence-electron chi connectivity index (χ0n) is 11.5. The Balaban J connectivity index is 2.31. The van der Waals surface area contributed by atoms with Gasteiger partial charge < -0.3 is 10.4 Å². The number of rotatable bonds is 2. The van der Waals surface area contributed by atoms with E-state index in [1.54, 1.807) is 30.8 Å².